The van der Waals surface area contributed by atoms with Crippen LogP contribution < -0.4 is 10.6 Å². The van der Waals surface area contributed by atoms with Gasteiger partial charge in [0.2, 0.25) is 0 Å². The SMILES string of the molecule is Cc1ccc(NC(=O)c2cccnc2C(=O)Nc2ccc(C)cn2)nc1. The van der Waals surface area contributed by atoms with Crippen LogP contribution in [0.25, 0.3) is 0 Å². The molecule has 0 unspecified atom stereocenters. The molecule has 0 aliphatic heterocycles. The maximum atomic E-state index is 12.5. The summed E-state index contributed by atoms with van der Waals surface area (Å²) in [6, 6.07) is 10.2. The Kier molecular flexibility index (Phi) is 4.98. The molecule has 26 heavy (non-hydrogen) atoms. The Hall–Kier alpha value is -3.61. The van der Waals surface area contributed by atoms with Gasteiger partial charge < -0.3 is 10.6 Å². The van der Waals surface area contributed by atoms with Gasteiger partial charge in [0.05, 0.1) is 5.56 Å². The Balaban J connectivity index is 1.80. The average Bonchev–Trinajstić information content (AvgIpc) is 2.65. The molecule has 7 nitrogen and oxygen atoms in total. The average molecular weight is 347 g/mol. The largest absolute Gasteiger partial charge is 0.306 e. The highest BCUT2D eigenvalue weighted by atomic mass is 16.2. The first-order valence-electron chi connectivity index (χ1n) is 7.96. The summed E-state index contributed by atoms with van der Waals surface area (Å²) in [5.41, 5.74) is 2.13. The molecule has 0 aromatic carbocycles. The number of carbonyl (C=O) groups excluding carboxylic acids is 2. The molecule has 0 saturated carbocycles. The number of rotatable bonds is 4. The van der Waals surface area contributed by atoms with Gasteiger partial charge in [-0.15, -0.1) is 0 Å². The van der Waals surface area contributed by atoms with E-state index in [9.17, 15) is 9.59 Å². The molecule has 2 amide bonds. The molecule has 0 bridgehead atoms. The van der Waals surface area contributed by atoms with Crippen LogP contribution >= 0.6 is 0 Å². The van der Waals surface area contributed by atoms with Crippen molar-refractivity contribution in [2.24, 2.45) is 0 Å². The van der Waals surface area contributed by atoms with Crippen molar-refractivity contribution < 1.29 is 9.59 Å². The minimum Gasteiger partial charge on any atom is -0.306 e. The van der Waals surface area contributed by atoms with Gasteiger partial charge in [-0.25, -0.2) is 9.97 Å². The maximum Gasteiger partial charge on any atom is 0.276 e. The molecule has 0 spiro atoms. The van der Waals surface area contributed by atoms with Gasteiger partial charge in [0.25, 0.3) is 11.8 Å². The van der Waals surface area contributed by atoms with Gasteiger partial charge in [-0.1, -0.05) is 12.1 Å². The third kappa shape index (κ3) is 4.07. The van der Waals surface area contributed by atoms with Crippen molar-refractivity contribution in [3.05, 3.63) is 77.4 Å². The van der Waals surface area contributed by atoms with Crippen LogP contribution in [-0.2, 0) is 0 Å². The van der Waals surface area contributed by atoms with Crippen LogP contribution in [0.15, 0.2) is 55.0 Å². The zero-order chi connectivity index (χ0) is 18.5. The van der Waals surface area contributed by atoms with Crippen LogP contribution in [0.5, 0.6) is 0 Å². The first kappa shape index (κ1) is 17.2. The monoisotopic (exact) mass is 347 g/mol. The third-order valence-corrected chi connectivity index (χ3v) is 3.57. The summed E-state index contributed by atoms with van der Waals surface area (Å²) < 4.78 is 0. The van der Waals surface area contributed by atoms with E-state index in [-0.39, 0.29) is 11.3 Å². The van der Waals surface area contributed by atoms with Crippen molar-refractivity contribution in [1.82, 2.24) is 15.0 Å². The Morgan fingerprint density at radius 2 is 1.35 bits per heavy atom. The van der Waals surface area contributed by atoms with E-state index >= 15 is 0 Å². The van der Waals surface area contributed by atoms with Crippen molar-refractivity contribution in [3.63, 3.8) is 0 Å². The standard InChI is InChI=1S/C19H17N5O2/c1-12-5-7-15(21-10-12)23-18(25)14-4-3-9-20-17(14)19(26)24-16-8-6-13(2)11-22-16/h3-11H,1-2H3,(H,21,23,25)(H,22,24,26). The predicted molar refractivity (Wildman–Crippen MR) is 98.1 cm³/mol. The number of aryl methyl sites for hydroxylation is 2. The summed E-state index contributed by atoms with van der Waals surface area (Å²) in [7, 11) is 0. The number of hydrogen-bond donors (Lipinski definition) is 2. The Morgan fingerprint density at radius 1 is 0.769 bits per heavy atom. The summed E-state index contributed by atoms with van der Waals surface area (Å²) in [6.45, 7) is 3.81. The fraction of sp³-hybridized carbons (Fsp3) is 0.105. The highest BCUT2D eigenvalue weighted by molar-refractivity contribution is 6.13. The Labute approximate surface area is 150 Å². The van der Waals surface area contributed by atoms with Crippen LogP contribution in [-0.4, -0.2) is 26.8 Å². The summed E-state index contributed by atoms with van der Waals surface area (Å²) in [6.07, 6.45) is 4.75. The molecule has 0 aliphatic rings. The van der Waals surface area contributed by atoms with Crippen molar-refractivity contribution in [2.75, 3.05) is 10.6 Å². The number of hydrogen-bond acceptors (Lipinski definition) is 5. The summed E-state index contributed by atoms with van der Waals surface area (Å²) >= 11 is 0. The molecule has 3 aromatic heterocycles. The third-order valence-electron chi connectivity index (χ3n) is 3.57. The summed E-state index contributed by atoms with van der Waals surface area (Å²) in [5, 5.41) is 5.31. The maximum absolute atomic E-state index is 12.5. The van der Waals surface area contributed by atoms with Gasteiger partial charge in [0.1, 0.15) is 17.3 Å². The molecule has 130 valence electrons. The lowest BCUT2D eigenvalue weighted by atomic mass is 10.1. The molecular weight excluding hydrogens is 330 g/mol. The van der Waals surface area contributed by atoms with E-state index in [4.69, 9.17) is 0 Å². The molecule has 3 rings (SSSR count). The fourth-order valence-corrected chi connectivity index (χ4v) is 2.21. The second kappa shape index (κ2) is 7.52. The lowest BCUT2D eigenvalue weighted by molar-refractivity contribution is 0.0986. The summed E-state index contributed by atoms with van der Waals surface area (Å²) in [5.74, 6) is -0.186. The number of carbonyl (C=O) groups is 2. The molecule has 2 N–H and O–H groups in total. The normalized spacial score (nSPS) is 10.2. The number of amides is 2. The highest BCUT2D eigenvalue weighted by Gasteiger charge is 2.19. The van der Waals surface area contributed by atoms with Crippen molar-refractivity contribution in [2.45, 2.75) is 13.8 Å². The molecular formula is C19H17N5O2. The van der Waals surface area contributed by atoms with E-state index in [0.717, 1.165) is 11.1 Å². The second-order valence-corrected chi connectivity index (χ2v) is 5.75. The van der Waals surface area contributed by atoms with Gasteiger partial charge in [-0.3, -0.25) is 14.6 Å². The van der Waals surface area contributed by atoms with Crippen LogP contribution in [0.1, 0.15) is 32.0 Å². The molecule has 0 radical (unpaired) electrons. The molecule has 0 atom stereocenters. The molecule has 7 heteroatoms. The zero-order valence-electron chi connectivity index (χ0n) is 14.4. The lowest BCUT2D eigenvalue weighted by Gasteiger charge is -2.09. The number of aromatic nitrogens is 3. The lowest BCUT2D eigenvalue weighted by Crippen LogP contribution is -2.22. The van der Waals surface area contributed by atoms with Gasteiger partial charge in [-0.05, 0) is 49.2 Å². The van der Waals surface area contributed by atoms with E-state index in [2.05, 4.69) is 25.6 Å². The second-order valence-electron chi connectivity index (χ2n) is 5.75. The molecule has 3 heterocycles. The highest BCUT2D eigenvalue weighted by Crippen LogP contribution is 2.12. The zero-order valence-corrected chi connectivity index (χ0v) is 14.4. The van der Waals surface area contributed by atoms with Gasteiger partial charge in [0, 0.05) is 18.6 Å². The topological polar surface area (TPSA) is 96.9 Å². The van der Waals surface area contributed by atoms with Gasteiger partial charge in [-0.2, -0.15) is 0 Å². The van der Waals surface area contributed by atoms with E-state index in [1.165, 1.54) is 12.3 Å². The van der Waals surface area contributed by atoms with Crippen molar-refractivity contribution >= 4 is 23.5 Å². The number of pyridine rings is 3. The van der Waals surface area contributed by atoms with Gasteiger partial charge in [0.15, 0.2) is 0 Å². The Morgan fingerprint density at radius 3 is 1.88 bits per heavy atom. The molecule has 0 aliphatic carbocycles. The minimum absolute atomic E-state index is 0.0134. The fourth-order valence-electron chi connectivity index (χ4n) is 2.21. The van der Waals surface area contributed by atoms with Crippen LogP contribution in [0, 0.1) is 13.8 Å². The first-order valence-corrected chi connectivity index (χ1v) is 7.96. The quantitative estimate of drug-likeness (QED) is 0.756. The van der Waals surface area contributed by atoms with Crippen molar-refractivity contribution in [3.8, 4) is 0 Å². The minimum atomic E-state index is -0.510. The van der Waals surface area contributed by atoms with Crippen LogP contribution in [0.4, 0.5) is 11.6 Å². The first-order chi connectivity index (χ1) is 12.5. The number of nitrogens with one attached hydrogen (secondary N) is 2. The molecule has 0 fully saturated rings. The van der Waals surface area contributed by atoms with Gasteiger partial charge >= 0.3 is 0 Å². The van der Waals surface area contributed by atoms with E-state index in [1.54, 1.807) is 30.6 Å². The van der Waals surface area contributed by atoms with E-state index < -0.39 is 11.8 Å². The smallest absolute Gasteiger partial charge is 0.276 e. The summed E-state index contributed by atoms with van der Waals surface area (Å²) in [4.78, 5) is 37.4. The number of nitrogens with zero attached hydrogens (tertiary/aromatic N) is 3. The van der Waals surface area contributed by atoms with E-state index in [1.807, 2.05) is 26.0 Å². The van der Waals surface area contributed by atoms with Crippen molar-refractivity contribution in [1.29, 1.82) is 0 Å². The van der Waals surface area contributed by atoms with E-state index in [0.29, 0.717) is 11.6 Å². The predicted octanol–water partition coefficient (Wildman–Crippen LogP) is 2.99. The molecule has 0 saturated heterocycles. The number of anilines is 2. The van der Waals surface area contributed by atoms with Crippen LogP contribution in [0.2, 0.25) is 0 Å². The Bertz CT molecular complexity index is 858. The van der Waals surface area contributed by atoms with Crippen LogP contribution in [0.3, 0.4) is 0 Å². The molecule has 3 aromatic rings.